The maximum absolute atomic E-state index is 10.7. The van der Waals surface area contributed by atoms with E-state index >= 15 is 0 Å². The monoisotopic (exact) mass is 144 g/mol. The molecule has 0 aromatic carbocycles. The zero-order valence-corrected chi connectivity index (χ0v) is 5.96. The van der Waals surface area contributed by atoms with E-state index in [-0.39, 0.29) is 24.9 Å². The first kappa shape index (κ1) is 9.10. The normalized spacial score (nSPS) is 12.2. The van der Waals surface area contributed by atoms with Gasteiger partial charge in [-0.05, 0) is 6.92 Å². The quantitative estimate of drug-likeness (QED) is 0.499. The van der Waals surface area contributed by atoms with Gasteiger partial charge in [0, 0.05) is 12.5 Å². The average Bonchev–Trinajstić information content (AvgIpc) is 1.82. The summed E-state index contributed by atoms with van der Waals surface area (Å²) in [7, 11) is 0. The van der Waals surface area contributed by atoms with Crippen molar-refractivity contribution in [1.82, 2.24) is 5.32 Å². The molecule has 1 unspecified atom stereocenters. The summed E-state index contributed by atoms with van der Waals surface area (Å²) in [5.41, 5.74) is 5.32. The molecule has 0 bridgehead atoms. The van der Waals surface area contributed by atoms with E-state index < -0.39 is 0 Å². The molecule has 0 fully saturated rings. The van der Waals surface area contributed by atoms with E-state index in [4.69, 9.17) is 5.73 Å². The Balaban J connectivity index is 3.34. The standard InChI is InChI=1S/C6H12N2O2/c1-5(7)4-6(10)8-2-3-9/h3,5H,2,4,7H2,1H3,(H,8,10). The molecule has 0 saturated carbocycles. The highest BCUT2D eigenvalue weighted by atomic mass is 16.2. The first-order valence-electron chi connectivity index (χ1n) is 3.12. The Labute approximate surface area is 59.8 Å². The second-order valence-corrected chi connectivity index (χ2v) is 2.15. The number of rotatable bonds is 4. The lowest BCUT2D eigenvalue weighted by Crippen LogP contribution is -2.30. The van der Waals surface area contributed by atoms with Crippen LogP contribution >= 0.6 is 0 Å². The number of hydrogen-bond donors (Lipinski definition) is 2. The van der Waals surface area contributed by atoms with E-state index in [1.165, 1.54) is 0 Å². The molecule has 4 heteroatoms. The summed E-state index contributed by atoms with van der Waals surface area (Å²) in [6.07, 6.45) is 0.910. The SMILES string of the molecule is CC(N)CC(=O)NCC=O. The summed E-state index contributed by atoms with van der Waals surface area (Å²) in [6.45, 7) is 1.81. The fraction of sp³-hybridized carbons (Fsp3) is 0.667. The predicted octanol–water partition coefficient (Wildman–Crippen LogP) is -0.961. The van der Waals surface area contributed by atoms with Gasteiger partial charge < -0.3 is 15.8 Å². The molecule has 0 rings (SSSR count). The zero-order valence-electron chi connectivity index (χ0n) is 5.96. The Morgan fingerprint density at radius 2 is 2.40 bits per heavy atom. The zero-order chi connectivity index (χ0) is 7.98. The van der Waals surface area contributed by atoms with Crippen molar-refractivity contribution in [2.24, 2.45) is 5.73 Å². The summed E-state index contributed by atoms with van der Waals surface area (Å²) in [4.78, 5) is 20.4. The molecule has 1 amide bonds. The van der Waals surface area contributed by atoms with E-state index in [0.717, 1.165) is 0 Å². The van der Waals surface area contributed by atoms with E-state index in [0.29, 0.717) is 6.29 Å². The summed E-state index contributed by atoms with van der Waals surface area (Å²) in [6, 6.07) is -0.147. The van der Waals surface area contributed by atoms with Crippen LogP contribution in [0.1, 0.15) is 13.3 Å². The molecule has 58 valence electrons. The van der Waals surface area contributed by atoms with Crippen LogP contribution in [0, 0.1) is 0 Å². The topological polar surface area (TPSA) is 72.2 Å². The number of hydrogen-bond acceptors (Lipinski definition) is 3. The molecule has 4 nitrogen and oxygen atoms in total. The average molecular weight is 144 g/mol. The smallest absolute Gasteiger partial charge is 0.221 e. The summed E-state index contributed by atoms with van der Waals surface area (Å²) in [5.74, 6) is -0.179. The Bertz CT molecular complexity index is 123. The Hall–Kier alpha value is -0.900. The fourth-order valence-electron chi connectivity index (χ4n) is 0.520. The van der Waals surface area contributed by atoms with Crippen LogP contribution in [0.2, 0.25) is 0 Å². The summed E-state index contributed by atoms with van der Waals surface area (Å²) < 4.78 is 0. The highest BCUT2D eigenvalue weighted by molar-refractivity contribution is 5.78. The molecular weight excluding hydrogens is 132 g/mol. The minimum atomic E-state index is -0.179. The van der Waals surface area contributed by atoms with Gasteiger partial charge in [-0.3, -0.25) is 4.79 Å². The molecule has 1 atom stereocenters. The van der Waals surface area contributed by atoms with Gasteiger partial charge in [0.25, 0.3) is 0 Å². The Morgan fingerprint density at radius 3 is 2.80 bits per heavy atom. The van der Waals surface area contributed by atoms with Crippen molar-refractivity contribution in [3.05, 3.63) is 0 Å². The van der Waals surface area contributed by atoms with E-state index in [2.05, 4.69) is 5.32 Å². The van der Waals surface area contributed by atoms with Crippen molar-refractivity contribution in [2.45, 2.75) is 19.4 Å². The maximum atomic E-state index is 10.7. The van der Waals surface area contributed by atoms with Crippen molar-refractivity contribution in [1.29, 1.82) is 0 Å². The minimum absolute atomic E-state index is 0.0750. The van der Waals surface area contributed by atoms with Gasteiger partial charge >= 0.3 is 0 Å². The molecule has 0 saturated heterocycles. The second kappa shape index (κ2) is 4.93. The minimum Gasteiger partial charge on any atom is -0.349 e. The number of aldehydes is 1. The molecule has 10 heavy (non-hydrogen) atoms. The van der Waals surface area contributed by atoms with Gasteiger partial charge in [0.2, 0.25) is 5.91 Å². The molecule has 0 aliphatic heterocycles. The molecule has 3 N–H and O–H groups in total. The third-order valence-electron chi connectivity index (χ3n) is 0.890. The van der Waals surface area contributed by atoms with Crippen LogP contribution in [0.5, 0.6) is 0 Å². The van der Waals surface area contributed by atoms with Gasteiger partial charge in [-0.25, -0.2) is 0 Å². The van der Waals surface area contributed by atoms with Crippen molar-refractivity contribution >= 4 is 12.2 Å². The molecule has 0 aromatic heterocycles. The number of amides is 1. The Kier molecular flexibility index (Phi) is 4.49. The van der Waals surface area contributed by atoms with Crippen LogP contribution in [-0.4, -0.2) is 24.8 Å². The third-order valence-corrected chi connectivity index (χ3v) is 0.890. The number of nitrogens with two attached hydrogens (primary N) is 1. The van der Waals surface area contributed by atoms with Crippen LogP contribution in [0.25, 0.3) is 0 Å². The molecule has 0 aromatic rings. The van der Waals surface area contributed by atoms with Crippen LogP contribution in [0.15, 0.2) is 0 Å². The van der Waals surface area contributed by atoms with Crippen LogP contribution in [0.4, 0.5) is 0 Å². The van der Waals surface area contributed by atoms with E-state index in [9.17, 15) is 9.59 Å². The van der Waals surface area contributed by atoms with Gasteiger partial charge in [-0.2, -0.15) is 0 Å². The first-order chi connectivity index (χ1) is 4.66. The van der Waals surface area contributed by atoms with Crippen molar-refractivity contribution < 1.29 is 9.59 Å². The molecule has 0 radical (unpaired) electrons. The maximum Gasteiger partial charge on any atom is 0.221 e. The predicted molar refractivity (Wildman–Crippen MR) is 37.3 cm³/mol. The van der Waals surface area contributed by atoms with E-state index in [1.54, 1.807) is 6.92 Å². The second-order valence-electron chi connectivity index (χ2n) is 2.15. The lowest BCUT2D eigenvalue weighted by atomic mass is 10.2. The summed E-state index contributed by atoms with van der Waals surface area (Å²) in [5, 5.41) is 2.38. The van der Waals surface area contributed by atoms with E-state index in [1.807, 2.05) is 0 Å². The van der Waals surface area contributed by atoms with Crippen molar-refractivity contribution in [3.8, 4) is 0 Å². The van der Waals surface area contributed by atoms with Gasteiger partial charge in [0.15, 0.2) is 0 Å². The van der Waals surface area contributed by atoms with Gasteiger partial charge in [-0.15, -0.1) is 0 Å². The van der Waals surface area contributed by atoms with Gasteiger partial charge in [0.1, 0.15) is 6.29 Å². The van der Waals surface area contributed by atoms with Gasteiger partial charge in [0.05, 0.1) is 6.54 Å². The number of carbonyl (C=O) groups excluding carboxylic acids is 2. The van der Waals surface area contributed by atoms with Gasteiger partial charge in [-0.1, -0.05) is 0 Å². The highest BCUT2D eigenvalue weighted by Gasteiger charge is 2.02. The fourth-order valence-corrected chi connectivity index (χ4v) is 0.520. The number of nitrogens with one attached hydrogen (secondary N) is 1. The highest BCUT2D eigenvalue weighted by Crippen LogP contribution is 1.83. The lowest BCUT2D eigenvalue weighted by molar-refractivity contribution is -0.122. The first-order valence-corrected chi connectivity index (χ1v) is 3.12. The third kappa shape index (κ3) is 5.24. The van der Waals surface area contributed by atoms with Crippen LogP contribution < -0.4 is 11.1 Å². The number of carbonyl (C=O) groups is 2. The molecule has 0 heterocycles. The summed E-state index contributed by atoms with van der Waals surface area (Å²) >= 11 is 0. The van der Waals surface area contributed by atoms with Crippen LogP contribution in [-0.2, 0) is 9.59 Å². The van der Waals surface area contributed by atoms with Crippen molar-refractivity contribution in [3.63, 3.8) is 0 Å². The molecule has 0 aliphatic rings. The largest absolute Gasteiger partial charge is 0.349 e. The molecule has 0 spiro atoms. The van der Waals surface area contributed by atoms with Crippen molar-refractivity contribution in [2.75, 3.05) is 6.54 Å². The molecular formula is C6H12N2O2. The van der Waals surface area contributed by atoms with Crippen LogP contribution in [0.3, 0.4) is 0 Å². The molecule has 0 aliphatic carbocycles. The Morgan fingerprint density at radius 1 is 1.80 bits per heavy atom. The lowest BCUT2D eigenvalue weighted by Gasteiger charge is -2.02.